The summed E-state index contributed by atoms with van der Waals surface area (Å²) in [5.74, 6) is 1.09. The van der Waals surface area contributed by atoms with Crippen molar-refractivity contribution in [2.45, 2.75) is 34.3 Å². The number of benzene rings is 1. The Morgan fingerprint density at radius 2 is 1.69 bits per heavy atom. The number of methoxy groups -OCH3 is 1. The first-order chi connectivity index (χ1) is 12.3. The van der Waals surface area contributed by atoms with Gasteiger partial charge in [0.2, 0.25) is 0 Å². The molecule has 0 saturated carbocycles. The van der Waals surface area contributed by atoms with Crippen LogP contribution in [0.3, 0.4) is 0 Å². The van der Waals surface area contributed by atoms with Crippen LogP contribution in [0.2, 0.25) is 0 Å². The molecule has 9 heteroatoms. The van der Waals surface area contributed by atoms with E-state index in [0.717, 1.165) is 0 Å². The molecule has 7 nitrogen and oxygen atoms in total. The van der Waals surface area contributed by atoms with Crippen molar-refractivity contribution in [2.75, 3.05) is 32.7 Å². The Bertz CT molecular complexity index is 690. The zero-order chi connectivity index (χ0) is 20.4. The van der Waals surface area contributed by atoms with E-state index in [1.54, 1.807) is 18.4 Å². The molecule has 0 aliphatic heterocycles. The second kappa shape index (κ2) is 11.1. The summed E-state index contributed by atoms with van der Waals surface area (Å²) in [5.41, 5.74) is 13.2. The van der Waals surface area contributed by atoms with Gasteiger partial charge in [0, 0.05) is 12.1 Å². The molecule has 2 aromatic rings. The zero-order valence-corrected chi connectivity index (χ0v) is 16.4. The molecule has 26 heavy (non-hydrogen) atoms. The third-order valence-electron chi connectivity index (χ3n) is 3.04. The molecule has 0 aliphatic rings. The molecule has 0 spiro atoms. The summed E-state index contributed by atoms with van der Waals surface area (Å²) in [6, 6.07) is 2.66. The highest BCUT2D eigenvalue weighted by Gasteiger charge is 2.18. The van der Waals surface area contributed by atoms with Gasteiger partial charge in [-0.1, -0.05) is 13.8 Å². The van der Waals surface area contributed by atoms with Crippen LogP contribution in [0.25, 0.3) is 5.69 Å². The average Bonchev–Trinajstić information content (AvgIpc) is 2.84. The van der Waals surface area contributed by atoms with E-state index in [1.165, 1.54) is 19.2 Å². The van der Waals surface area contributed by atoms with Crippen LogP contribution in [0, 0.1) is 13.8 Å². The number of hydrogen-bond donors (Lipinski definition) is 3. The summed E-state index contributed by atoms with van der Waals surface area (Å²) in [6.07, 6.45) is 0. The highest BCUT2D eigenvalue weighted by molar-refractivity contribution is 5.71. The first-order valence-electron chi connectivity index (χ1n) is 8.09. The Labute approximate surface area is 153 Å². The van der Waals surface area contributed by atoms with Crippen LogP contribution < -0.4 is 26.3 Å². The van der Waals surface area contributed by atoms with Crippen molar-refractivity contribution in [2.24, 2.45) is 0 Å². The van der Waals surface area contributed by atoms with Crippen LogP contribution in [0.1, 0.15) is 25.4 Å². The minimum absolute atomic E-state index is 0.0730. The summed E-state index contributed by atoms with van der Waals surface area (Å²) in [4.78, 5) is 4.23. The summed E-state index contributed by atoms with van der Waals surface area (Å²) < 4.78 is 35.9. The fourth-order valence-corrected chi connectivity index (χ4v) is 2.10. The fourth-order valence-electron chi connectivity index (χ4n) is 2.10. The smallest absolute Gasteiger partial charge is 0.387 e. The number of hydrogen-bond acceptors (Lipinski definition) is 6. The quantitative estimate of drug-likeness (QED) is 0.712. The standard InChI is InChI=1S/C13H16F2N4O2.C2H7N.C2H6/c1-6-12(17)19(7(2)18-6)9-4-8(21-13(14)15)5-10(20-3)11(9)16;1-3-2;1-2/h4-5,13H,16-17H2,1-3H3;3H,1-2H3;1-2H3. The molecule has 0 bridgehead atoms. The Hall–Kier alpha value is -2.55. The van der Waals surface area contributed by atoms with Gasteiger partial charge in [-0.3, -0.25) is 4.57 Å². The number of rotatable bonds is 4. The van der Waals surface area contributed by atoms with Gasteiger partial charge < -0.3 is 26.3 Å². The predicted molar refractivity (Wildman–Crippen MR) is 101 cm³/mol. The van der Waals surface area contributed by atoms with Crippen LogP contribution in [0.15, 0.2) is 12.1 Å². The number of nitrogens with one attached hydrogen (secondary N) is 1. The van der Waals surface area contributed by atoms with Crippen LogP contribution >= 0.6 is 0 Å². The van der Waals surface area contributed by atoms with Crippen molar-refractivity contribution >= 4 is 11.5 Å². The van der Waals surface area contributed by atoms with E-state index >= 15 is 0 Å². The van der Waals surface area contributed by atoms with Gasteiger partial charge in [0.25, 0.3) is 0 Å². The van der Waals surface area contributed by atoms with Crippen molar-refractivity contribution in [3.05, 3.63) is 23.7 Å². The van der Waals surface area contributed by atoms with E-state index in [1.807, 2.05) is 27.9 Å². The van der Waals surface area contributed by atoms with Gasteiger partial charge in [-0.2, -0.15) is 8.78 Å². The molecule has 0 unspecified atom stereocenters. The number of nitrogen functional groups attached to an aromatic ring is 2. The zero-order valence-electron chi connectivity index (χ0n) is 16.4. The Balaban J connectivity index is 0.00000113. The van der Waals surface area contributed by atoms with Gasteiger partial charge in [0.05, 0.1) is 24.2 Å². The van der Waals surface area contributed by atoms with Gasteiger partial charge in [0.15, 0.2) is 0 Å². The molecule has 0 atom stereocenters. The van der Waals surface area contributed by atoms with E-state index in [-0.39, 0.29) is 17.2 Å². The first kappa shape index (κ1) is 23.4. The number of aromatic nitrogens is 2. The minimum atomic E-state index is -2.95. The largest absolute Gasteiger partial charge is 0.494 e. The topological polar surface area (TPSA) is 100 Å². The number of halogens is 2. The van der Waals surface area contributed by atoms with Crippen molar-refractivity contribution in [1.29, 1.82) is 0 Å². The van der Waals surface area contributed by atoms with Crippen LogP contribution in [0.5, 0.6) is 11.5 Å². The Kier molecular flexibility index (Phi) is 10.0. The lowest BCUT2D eigenvalue weighted by molar-refractivity contribution is -0.0499. The third-order valence-corrected chi connectivity index (χ3v) is 3.04. The fraction of sp³-hybridized carbons (Fsp3) is 0.471. The lowest BCUT2D eigenvalue weighted by Gasteiger charge is -2.16. The van der Waals surface area contributed by atoms with Gasteiger partial charge in [-0.25, -0.2) is 4.98 Å². The van der Waals surface area contributed by atoms with Crippen LogP contribution in [0.4, 0.5) is 20.3 Å². The second-order valence-electron chi connectivity index (χ2n) is 4.90. The maximum atomic E-state index is 12.4. The number of aryl methyl sites for hydroxylation is 2. The monoisotopic (exact) mass is 373 g/mol. The molecule has 0 aliphatic carbocycles. The van der Waals surface area contributed by atoms with Crippen molar-refractivity contribution in [3.8, 4) is 17.2 Å². The lowest BCUT2D eigenvalue weighted by atomic mass is 10.2. The number of anilines is 2. The maximum absolute atomic E-state index is 12.4. The van der Waals surface area contributed by atoms with Gasteiger partial charge >= 0.3 is 6.61 Å². The molecule has 1 aromatic carbocycles. The number of ether oxygens (including phenoxy) is 2. The number of nitrogens with zero attached hydrogens (tertiary/aromatic N) is 2. The van der Waals surface area contributed by atoms with Crippen molar-refractivity contribution in [1.82, 2.24) is 14.9 Å². The molecule has 148 valence electrons. The van der Waals surface area contributed by atoms with Crippen LogP contribution in [-0.4, -0.2) is 37.4 Å². The van der Waals surface area contributed by atoms with E-state index < -0.39 is 6.61 Å². The highest BCUT2D eigenvalue weighted by atomic mass is 19.3. The minimum Gasteiger partial charge on any atom is -0.494 e. The lowest BCUT2D eigenvalue weighted by Crippen LogP contribution is -2.09. The summed E-state index contributed by atoms with van der Waals surface area (Å²) in [6.45, 7) is 4.52. The summed E-state index contributed by atoms with van der Waals surface area (Å²) in [5, 5.41) is 2.75. The number of nitrogens with two attached hydrogens (primary N) is 2. The molecule has 0 amide bonds. The van der Waals surface area contributed by atoms with E-state index in [4.69, 9.17) is 16.2 Å². The molecular formula is C17H29F2N5O2. The summed E-state index contributed by atoms with van der Waals surface area (Å²) in [7, 11) is 5.14. The van der Waals surface area contributed by atoms with Crippen LogP contribution in [-0.2, 0) is 0 Å². The first-order valence-corrected chi connectivity index (χ1v) is 8.09. The van der Waals surface area contributed by atoms with E-state index in [0.29, 0.717) is 23.0 Å². The van der Waals surface area contributed by atoms with Crippen molar-refractivity contribution in [3.63, 3.8) is 0 Å². The van der Waals surface area contributed by atoms with E-state index in [9.17, 15) is 8.78 Å². The molecule has 1 aromatic heterocycles. The Morgan fingerprint density at radius 3 is 2.08 bits per heavy atom. The third kappa shape index (κ3) is 5.76. The molecular weight excluding hydrogens is 344 g/mol. The normalized spacial score (nSPS) is 9.77. The number of alkyl halides is 2. The van der Waals surface area contributed by atoms with Gasteiger partial charge in [-0.15, -0.1) is 0 Å². The molecule has 2 rings (SSSR count). The average molecular weight is 373 g/mol. The molecule has 5 N–H and O–H groups in total. The SMILES string of the molecule is CC.CNC.COc1cc(OC(F)F)cc(-n2c(C)nc(C)c2N)c1N. The second-order valence-corrected chi connectivity index (χ2v) is 4.90. The molecule has 0 fully saturated rings. The van der Waals surface area contributed by atoms with Crippen molar-refractivity contribution < 1.29 is 18.3 Å². The van der Waals surface area contributed by atoms with Gasteiger partial charge in [0.1, 0.15) is 23.1 Å². The molecule has 0 radical (unpaired) electrons. The molecule has 0 saturated heterocycles. The maximum Gasteiger partial charge on any atom is 0.387 e. The van der Waals surface area contributed by atoms with Gasteiger partial charge in [-0.05, 0) is 27.9 Å². The molecule has 1 heterocycles. The Morgan fingerprint density at radius 1 is 1.15 bits per heavy atom. The summed E-state index contributed by atoms with van der Waals surface area (Å²) >= 11 is 0. The predicted octanol–water partition coefficient (Wildman–Crippen LogP) is 3.13. The number of imidazole rings is 1. The van der Waals surface area contributed by atoms with E-state index in [2.05, 4.69) is 15.0 Å². The highest BCUT2D eigenvalue weighted by Crippen LogP contribution is 2.36.